The molecule has 2 aliphatic heterocycles. The van der Waals surface area contributed by atoms with Gasteiger partial charge in [0.05, 0.1) is 40.1 Å². The summed E-state index contributed by atoms with van der Waals surface area (Å²) < 4.78 is 122. The number of nitrogens with one attached hydrogen (secondary N) is 2. The number of ether oxygens (including phenoxy) is 6. The van der Waals surface area contributed by atoms with Crippen LogP contribution in [0.1, 0.15) is 62.9 Å². The molecule has 0 radical (unpaired) electrons. The Bertz CT molecular complexity index is 4740. The highest BCUT2D eigenvalue weighted by Crippen LogP contribution is 2.52. The number of nitrogens with two attached hydrogens (primary N) is 2. The number of nitrogens with zero attached hydrogens (tertiary/aromatic N) is 8. The number of hydrogen-bond acceptors (Lipinski definition) is 26. The number of halogens is 2. The van der Waals surface area contributed by atoms with E-state index in [0.717, 1.165) is 12.1 Å². The molecule has 12 rings (SSSR count). The molecular formula is C64H66F2N12O18P2. The fourth-order valence-corrected chi connectivity index (χ4v) is 14.6. The minimum absolute atomic E-state index is 0.0123. The van der Waals surface area contributed by atoms with Crippen LogP contribution in [-0.4, -0.2) is 147 Å². The van der Waals surface area contributed by atoms with Crippen LogP contribution in [0.5, 0.6) is 23.3 Å². The lowest BCUT2D eigenvalue weighted by atomic mass is 9.95. The van der Waals surface area contributed by atoms with Crippen LogP contribution in [0.25, 0.3) is 43.9 Å². The third-order valence-corrected chi connectivity index (χ3v) is 19.8. The van der Waals surface area contributed by atoms with E-state index in [-0.39, 0.29) is 68.4 Å². The molecule has 2 fully saturated rings. The van der Waals surface area contributed by atoms with Crippen molar-refractivity contribution in [1.82, 2.24) is 49.2 Å². The number of anilines is 2. The third kappa shape index (κ3) is 13.7. The number of imidazole rings is 2. The molecule has 0 bridgehead atoms. The highest BCUT2D eigenvalue weighted by Gasteiger charge is 2.56. The highest BCUT2D eigenvalue weighted by molar-refractivity contribution is 7.52. The Morgan fingerprint density at radius 3 is 1.69 bits per heavy atom. The summed E-state index contributed by atoms with van der Waals surface area (Å²) in [5.41, 5.74) is 8.84. The first-order chi connectivity index (χ1) is 46.8. The molecule has 10 N–H and O–H groups in total. The Labute approximate surface area is 555 Å². The summed E-state index contributed by atoms with van der Waals surface area (Å²) in [4.78, 5) is 53.7. The number of aliphatic hydroxyl groups is 4. The average Bonchev–Trinajstić information content (AvgIpc) is 1.56. The van der Waals surface area contributed by atoms with Gasteiger partial charge in [0, 0.05) is 28.0 Å². The number of carbonyl (C=O) groups is 2. The molecule has 514 valence electrons. The number of methoxy groups -OCH3 is 2. The van der Waals surface area contributed by atoms with Crippen LogP contribution >= 0.6 is 15.5 Å². The molecule has 34 heteroatoms. The lowest BCUT2D eigenvalue weighted by Gasteiger charge is -2.28. The maximum Gasteiger partial charge on any atom is 0.459 e. The van der Waals surface area contributed by atoms with E-state index in [9.17, 15) is 38.8 Å². The van der Waals surface area contributed by atoms with Gasteiger partial charge in [0.2, 0.25) is 23.7 Å². The first-order valence-electron chi connectivity index (χ1n) is 30.3. The van der Waals surface area contributed by atoms with Crippen molar-refractivity contribution in [3.63, 3.8) is 0 Å². The number of fused-ring (bicyclic) bond motifs is 4. The highest BCUT2D eigenvalue weighted by atomic mass is 31.2. The lowest BCUT2D eigenvalue weighted by molar-refractivity contribution is -0.149. The minimum Gasteiger partial charge on any atom is -0.479 e. The molecule has 98 heavy (non-hydrogen) atoms. The first-order valence-corrected chi connectivity index (χ1v) is 33.4. The van der Waals surface area contributed by atoms with Crippen molar-refractivity contribution >= 4 is 83.2 Å². The standard InChI is InChI=1S/C64H66F2N12O18P2/c1-33(57(81)89-28-37-25-26-38(65)27-43(37)66)75-97(85,90-29-46-51(79)63(3,83)59(92-46)77-31-69-48-53(77)71-61(67)73-55(48)87-5)96-45-24-14-20-40-41(45)21-13-22-42(40)50(36-16-8-7-9-17-36)94-58(82)34(2)76-98(86,95-44-23-12-18-35-15-10-11-19-39(35)44)91-30-47-52(80)64(4,84)60(93-47)78-32-70-49-54(78)72-62(68)74-56(49)88-6/h7-27,31-34,46-47,50-52,59-60,79-80,83-84H,28-30H2,1-6H3,(H,75,85)(H,76,86)(H2,67,71,73)(H2,68,72,74). The van der Waals surface area contributed by atoms with Gasteiger partial charge >= 0.3 is 27.4 Å². The maximum absolute atomic E-state index is 15.5. The van der Waals surface area contributed by atoms with Crippen LogP contribution in [0.15, 0.2) is 140 Å². The predicted octanol–water partition coefficient (Wildman–Crippen LogP) is 7.19. The van der Waals surface area contributed by atoms with Crippen LogP contribution in [0.3, 0.4) is 0 Å². The summed E-state index contributed by atoms with van der Waals surface area (Å²) in [5, 5.41) is 54.1. The second kappa shape index (κ2) is 27.5. The van der Waals surface area contributed by atoms with Gasteiger partial charge in [-0.05, 0) is 68.3 Å². The Hall–Kier alpha value is -9.40. The maximum atomic E-state index is 15.5. The molecule has 10 aromatic rings. The Morgan fingerprint density at radius 1 is 0.643 bits per heavy atom. The number of benzene rings is 6. The molecule has 13 atom stereocenters. The van der Waals surface area contributed by atoms with Gasteiger partial charge in [-0.2, -0.15) is 30.1 Å². The summed E-state index contributed by atoms with van der Waals surface area (Å²) in [6.07, 6.45) is -7.92. The zero-order valence-electron chi connectivity index (χ0n) is 53.0. The molecule has 4 aromatic heterocycles. The zero-order chi connectivity index (χ0) is 69.6. The van der Waals surface area contributed by atoms with Crippen molar-refractivity contribution in [2.75, 3.05) is 38.9 Å². The van der Waals surface area contributed by atoms with Crippen LogP contribution < -0.4 is 40.2 Å². The van der Waals surface area contributed by atoms with Gasteiger partial charge in [0.15, 0.2) is 40.9 Å². The Kier molecular flexibility index (Phi) is 19.2. The van der Waals surface area contributed by atoms with Crippen molar-refractivity contribution in [2.45, 2.75) is 101 Å². The quantitative estimate of drug-likeness (QED) is 0.0207. The van der Waals surface area contributed by atoms with E-state index in [1.54, 1.807) is 97.1 Å². The van der Waals surface area contributed by atoms with E-state index in [1.165, 1.54) is 75.8 Å². The van der Waals surface area contributed by atoms with Gasteiger partial charge in [-0.15, -0.1) is 0 Å². The van der Waals surface area contributed by atoms with E-state index < -0.39 is 125 Å². The number of nitrogen functional groups attached to an aromatic ring is 2. The molecule has 30 nitrogen and oxygen atoms in total. The number of aromatic nitrogens is 8. The molecule has 0 aliphatic carbocycles. The van der Waals surface area contributed by atoms with Gasteiger partial charge in [-0.1, -0.05) is 97.1 Å². The number of rotatable bonds is 25. The van der Waals surface area contributed by atoms with Crippen LogP contribution in [0.2, 0.25) is 0 Å². The molecule has 0 spiro atoms. The summed E-state index contributed by atoms with van der Waals surface area (Å²) in [6.45, 7) is 3.04. The lowest BCUT2D eigenvalue weighted by Crippen LogP contribution is -2.44. The normalized spacial score (nSPS) is 23.1. The van der Waals surface area contributed by atoms with E-state index in [0.29, 0.717) is 33.4 Å². The van der Waals surface area contributed by atoms with E-state index >= 15 is 9.13 Å². The third-order valence-electron chi connectivity index (χ3n) is 16.5. The molecule has 2 aliphatic rings. The fourth-order valence-electron chi connectivity index (χ4n) is 11.5. The SMILES string of the molecule is COc1nc(N)nc2c1ncn2C1OC(COP(=O)(NC(C)C(=O)OC(c2ccccc2)c2cccc3c(OP(=O)(NC(C)C(=O)OCc4ccc(F)cc4F)OCC4OC(n5cnc6c(OC)nc(N)nc65)C(C)(O)C4O)cccc23)Oc2cccc3ccccc23)C(O)C1(C)O. The average molecular weight is 1390 g/mol. The summed E-state index contributed by atoms with van der Waals surface area (Å²) in [5.74, 6) is -4.31. The molecular weight excluding hydrogens is 1320 g/mol. The van der Waals surface area contributed by atoms with Crippen LogP contribution in [-0.2, 0) is 53.3 Å². The van der Waals surface area contributed by atoms with Crippen molar-refractivity contribution in [3.8, 4) is 23.3 Å². The van der Waals surface area contributed by atoms with Crippen molar-refractivity contribution in [2.24, 2.45) is 0 Å². The number of hydrogen-bond donors (Lipinski definition) is 8. The molecule has 6 aromatic carbocycles. The summed E-state index contributed by atoms with van der Waals surface area (Å²) >= 11 is 0. The Balaban J connectivity index is 0.825. The number of aliphatic hydroxyl groups excluding tert-OH is 2. The number of carbonyl (C=O) groups excluding carboxylic acids is 2. The van der Waals surface area contributed by atoms with E-state index in [2.05, 4.69) is 40.1 Å². The minimum atomic E-state index is -4.98. The summed E-state index contributed by atoms with van der Waals surface area (Å²) in [7, 11) is -7.10. The molecule has 6 heterocycles. The monoisotopic (exact) mass is 1390 g/mol. The number of esters is 2. The van der Waals surface area contributed by atoms with Gasteiger partial charge < -0.3 is 69.4 Å². The predicted molar refractivity (Wildman–Crippen MR) is 346 cm³/mol. The Morgan fingerprint density at radius 2 is 1.13 bits per heavy atom. The molecule has 2 saturated heterocycles. The van der Waals surface area contributed by atoms with E-state index in [4.69, 9.17) is 58.0 Å². The van der Waals surface area contributed by atoms with Gasteiger partial charge in [0.1, 0.15) is 77.4 Å². The smallest absolute Gasteiger partial charge is 0.459 e. The first kappa shape index (κ1) is 68.5. The van der Waals surface area contributed by atoms with Gasteiger partial charge in [-0.3, -0.25) is 27.8 Å². The van der Waals surface area contributed by atoms with Gasteiger partial charge in [-0.25, -0.2) is 27.9 Å². The largest absolute Gasteiger partial charge is 0.479 e. The van der Waals surface area contributed by atoms with Crippen molar-refractivity contribution in [1.29, 1.82) is 0 Å². The molecule has 13 unspecified atom stereocenters. The topological polar surface area (TPSA) is 405 Å². The zero-order valence-corrected chi connectivity index (χ0v) is 54.8. The van der Waals surface area contributed by atoms with Crippen LogP contribution in [0.4, 0.5) is 20.7 Å². The molecule has 0 saturated carbocycles. The van der Waals surface area contributed by atoms with E-state index in [1.807, 2.05) is 0 Å². The molecule has 0 amide bonds. The van der Waals surface area contributed by atoms with Gasteiger partial charge in [0.25, 0.3) is 0 Å². The van der Waals surface area contributed by atoms with Crippen molar-refractivity contribution in [3.05, 3.63) is 168 Å². The van der Waals surface area contributed by atoms with Crippen molar-refractivity contribution < 1.29 is 94.4 Å². The second-order valence-electron chi connectivity index (χ2n) is 23.4. The second-order valence-corrected chi connectivity index (χ2v) is 26.8. The summed E-state index contributed by atoms with van der Waals surface area (Å²) in [6, 6.07) is 29.7. The van der Waals surface area contributed by atoms with Crippen LogP contribution in [0, 0.1) is 11.6 Å². The fraction of sp³-hybridized carbons (Fsp3) is 0.312.